The van der Waals surface area contributed by atoms with Crippen molar-refractivity contribution in [1.29, 1.82) is 0 Å². The molecule has 3 heteroatoms. The van der Waals surface area contributed by atoms with Gasteiger partial charge in [0.2, 0.25) is 0 Å². The van der Waals surface area contributed by atoms with Crippen molar-refractivity contribution in [3.8, 4) is 16.9 Å². The SMILES string of the molecule is CNC(C)CCc1cccc(-c2cc(F)ccc2OC)c1. The zero-order valence-electron chi connectivity index (χ0n) is 12.8. The lowest BCUT2D eigenvalue weighted by Gasteiger charge is -2.12. The maximum atomic E-state index is 13.5. The zero-order valence-corrected chi connectivity index (χ0v) is 12.8. The van der Waals surface area contributed by atoms with Gasteiger partial charge in [-0.15, -0.1) is 0 Å². The molecule has 1 N–H and O–H groups in total. The number of benzene rings is 2. The summed E-state index contributed by atoms with van der Waals surface area (Å²) in [5.41, 5.74) is 3.03. The molecular formula is C18H22FNO. The van der Waals surface area contributed by atoms with Crippen LogP contribution >= 0.6 is 0 Å². The summed E-state index contributed by atoms with van der Waals surface area (Å²) in [6.07, 6.45) is 2.06. The molecule has 2 aromatic carbocycles. The van der Waals surface area contributed by atoms with Gasteiger partial charge in [0.05, 0.1) is 7.11 Å². The maximum Gasteiger partial charge on any atom is 0.126 e. The first-order valence-electron chi connectivity index (χ1n) is 7.24. The van der Waals surface area contributed by atoms with Gasteiger partial charge in [-0.1, -0.05) is 24.3 Å². The molecule has 2 nitrogen and oxygen atoms in total. The molecule has 21 heavy (non-hydrogen) atoms. The Morgan fingerprint density at radius 1 is 1.19 bits per heavy atom. The van der Waals surface area contributed by atoms with E-state index in [4.69, 9.17) is 4.74 Å². The van der Waals surface area contributed by atoms with Crippen LogP contribution in [-0.2, 0) is 6.42 Å². The van der Waals surface area contributed by atoms with Crippen LogP contribution in [0.1, 0.15) is 18.9 Å². The van der Waals surface area contributed by atoms with Crippen LogP contribution in [0.4, 0.5) is 4.39 Å². The van der Waals surface area contributed by atoms with E-state index in [0.29, 0.717) is 11.8 Å². The second-order valence-electron chi connectivity index (χ2n) is 5.27. The van der Waals surface area contributed by atoms with E-state index in [1.54, 1.807) is 13.2 Å². The van der Waals surface area contributed by atoms with Crippen LogP contribution in [-0.4, -0.2) is 20.2 Å². The van der Waals surface area contributed by atoms with Crippen LogP contribution in [0.2, 0.25) is 0 Å². The highest BCUT2D eigenvalue weighted by Gasteiger charge is 2.08. The number of nitrogens with one attached hydrogen (secondary N) is 1. The minimum Gasteiger partial charge on any atom is -0.496 e. The number of rotatable bonds is 6. The fourth-order valence-electron chi connectivity index (χ4n) is 2.33. The van der Waals surface area contributed by atoms with Crippen molar-refractivity contribution in [1.82, 2.24) is 5.32 Å². The van der Waals surface area contributed by atoms with E-state index in [0.717, 1.165) is 24.0 Å². The summed E-state index contributed by atoms with van der Waals surface area (Å²) in [7, 11) is 3.58. The highest BCUT2D eigenvalue weighted by molar-refractivity contribution is 5.71. The Hall–Kier alpha value is -1.87. The highest BCUT2D eigenvalue weighted by Crippen LogP contribution is 2.31. The lowest BCUT2D eigenvalue weighted by molar-refractivity contribution is 0.415. The van der Waals surface area contributed by atoms with Gasteiger partial charge in [-0.25, -0.2) is 4.39 Å². The van der Waals surface area contributed by atoms with Crippen molar-refractivity contribution in [3.63, 3.8) is 0 Å². The molecule has 2 aromatic rings. The Labute approximate surface area is 126 Å². The third kappa shape index (κ3) is 4.05. The Balaban J connectivity index is 2.26. The first kappa shape index (κ1) is 15.5. The minimum absolute atomic E-state index is 0.250. The average Bonchev–Trinajstić information content (AvgIpc) is 2.52. The van der Waals surface area contributed by atoms with E-state index < -0.39 is 0 Å². The molecule has 0 radical (unpaired) electrons. The van der Waals surface area contributed by atoms with Crippen molar-refractivity contribution in [2.24, 2.45) is 0 Å². The number of hydrogen-bond donors (Lipinski definition) is 1. The lowest BCUT2D eigenvalue weighted by Crippen LogP contribution is -2.21. The summed E-state index contributed by atoms with van der Waals surface area (Å²) < 4.78 is 18.8. The standard InChI is InChI=1S/C18H22FNO/c1-13(20-2)7-8-14-5-4-6-15(11-14)17-12-16(19)9-10-18(17)21-3/h4-6,9-13,20H,7-8H2,1-3H3. The maximum absolute atomic E-state index is 13.5. The van der Waals surface area contributed by atoms with E-state index in [2.05, 4.69) is 24.4 Å². The Morgan fingerprint density at radius 2 is 2.00 bits per heavy atom. The molecule has 0 spiro atoms. The number of methoxy groups -OCH3 is 1. The van der Waals surface area contributed by atoms with Gasteiger partial charge in [0.15, 0.2) is 0 Å². The van der Waals surface area contributed by atoms with Gasteiger partial charge >= 0.3 is 0 Å². The Kier molecular flexibility index (Phi) is 5.34. The summed E-state index contributed by atoms with van der Waals surface area (Å²) in [6.45, 7) is 2.17. The first-order chi connectivity index (χ1) is 10.1. The largest absolute Gasteiger partial charge is 0.496 e. The van der Waals surface area contributed by atoms with Gasteiger partial charge in [0.1, 0.15) is 11.6 Å². The van der Waals surface area contributed by atoms with Crippen LogP contribution in [0.5, 0.6) is 5.75 Å². The topological polar surface area (TPSA) is 21.3 Å². The fourth-order valence-corrected chi connectivity index (χ4v) is 2.33. The second kappa shape index (κ2) is 7.23. The van der Waals surface area contributed by atoms with Crippen molar-refractivity contribution in [3.05, 3.63) is 53.8 Å². The number of aryl methyl sites for hydroxylation is 1. The van der Waals surface area contributed by atoms with Crippen LogP contribution in [0, 0.1) is 5.82 Å². The molecule has 1 atom stereocenters. The van der Waals surface area contributed by atoms with Crippen LogP contribution < -0.4 is 10.1 Å². The third-order valence-electron chi connectivity index (χ3n) is 3.76. The number of halogens is 1. The van der Waals surface area contributed by atoms with E-state index in [1.807, 2.05) is 19.2 Å². The molecule has 0 aromatic heterocycles. The van der Waals surface area contributed by atoms with Crippen LogP contribution in [0.3, 0.4) is 0 Å². The molecule has 0 aliphatic rings. The monoisotopic (exact) mass is 287 g/mol. The summed E-state index contributed by atoms with van der Waals surface area (Å²) in [5.74, 6) is 0.442. The fraction of sp³-hybridized carbons (Fsp3) is 0.333. The smallest absolute Gasteiger partial charge is 0.126 e. The molecule has 0 saturated carbocycles. The summed E-state index contributed by atoms with van der Waals surface area (Å²) in [4.78, 5) is 0. The molecule has 112 valence electrons. The highest BCUT2D eigenvalue weighted by atomic mass is 19.1. The van der Waals surface area contributed by atoms with Gasteiger partial charge in [0.25, 0.3) is 0 Å². The van der Waals surface area contributed by atoms with Crippen molar-refractivity contribution in [2.45, 2.75) is 25.8 Å². The van der Waals surface area contributed by atoms with E-state index in [-0.39, 0.29) is 5.82 Å². The molecular weight excluding hydrogens is 265 g/mol. The predicted molar refractivity (Wildman–Crippen MR) is 85.2 cm³/mol. The van der Waals surface area contributed by atoms with Crippen molar-refractivity contribution < 1.29 is 9.13 Å². The summed E-state index contributed by atoms with van der Waals surface area (Å²) in [5, 5.41) is 3.24. The lowest BCUT2D eigenvalue weighted by atomic mass is 9.99. The summed E-state index contributed by atoms with van der Waals surface area (Å²) >= 11 is 0. The van der Waals surface area contributed by atoms with E-state index in [1.165, 1.54) is 17.7 Å². The molecule has 0 fully saturated rings. The quantitative estimate of drug-likeness (QED) is 0.865. The Morgan fingerprint density at radius 3 is 2.71 bits per heavy atom. The van der Waals surface area contributed by atoms with Crippen LogP contribution in [0.15, 0.2) is 42.5 Å². The van der Waals surface area contributed by atoms with Crippen LogP contribution in [0.25, 0.3) is 11.1 Å². The molecule has 1 unspecified atom stereocenters. The Bertz CT molecular complexity index is 598. The predicted octanol–water partition coefficient (Wildman–Crippen LogP) is 4.04. The van der Waals surface area contributed by atoms with Gasteiger partial charge < -0.3 is 10.1 Å². The number of hydrogen-bond acceptors (Lipinski definition) is 2. The van der Waals surface area contributed by atoms with Gasteiger partial charge in [-0.2, -0.15) is 0 Å². The van der Waals surface area contributed by atoms with Gasteiger partial charge in [-0.3, -0.25) is 0 Å². The summed E-state index contributed by atoms with van der Waals surface area (Å²) in [6, 6.07) is 13.3. The normalized spacial score (nSPS) is 12.2. The molecule has 2 rings (SSSR count). The molecule has 0 saturated heterocycles. The minimum atomic E-state index is -0.250. The van der Waals surface area contributed by atoms with Gasteiger partial charge in [-0.05, 0) is 56.1 Å². The molecule has 0 amide bonds. The molecule has 0 heterocycles. The van der Waals surface area contributed by atoms with Crippen molar-refractivity contribution in [2.75, 3.05) is 14.2 Å². The second-order valence-corrected chi connectivity index (χ2v) is 5.27. The first-order valence-corrected chi connectivity index (χ1v) is 7.24. The zero-order chi connectivity index (χ0) is 15.2. The molecule has 0 aliphatic carbocycles. The van der Waals surface area contributed by atoms with E-state index in [9.17, 15) is 4.39 Å². The van der Waals surface area contributed by atoms with Gasteiger partial charge in [0, 0.05) is 11.6 Å². The van der Waals surface area contributed by atoms with E-state index >= 15 is 0 Å². The average molecular weight is 287 g/mol. The molecule has 0 aliphatic heterocycles. The number of ether oxygens (including phenoxy) is 1. The van der Waals surface area contributed by atoms with Crippen molar-refractivity contribution >= 4 is 0 Å². The third-order valence-corrected chi connectivity index (χ3v) is 3.76. The molecule has 0 bridgehead atoms.